The first-order chi connectivity index (χ1) is 12.1. The van der Waals surface area contributed by atoms with Crippen molar-refractivity contribution in [3.8, 4) is 11.3 Å². The highest BCUT2D eigenvalue weighted by Crippen LogP contribution is 2.67. The van der Waals surface area contributed by atoms with E-state index in [1.807, 2.05) is 30.9 Å². The Morgan fingerprint density at radius 1 is 1.20 bits per heavy atom. The summed E-state index contributed by atoms with van der Waals surface area (Å²) in [5.41, 5.74) is 3.14. The van der Waals surface area contributed by atoms with E-state index in [0.29, 0.717) is 17.2 Å². The van der Waals surface area contributed by atoms with Crippen molar-refractivity contribution in [1.82, 2.24) is 19.7 Å². The summed E-state index contributed by atoms with van der Waals surface area (Å²) in [6, 6.07) is 8.79. The fraction of sp³-hybridized carbons (Fsp3) is 0.350. The van der Waals surface area contributed by atoms with E-state index in [0.717, 1.165) is 18.5 Å². The smallest absolute Gasteiger partial charge is 0.132 e. The lowest BCUT2D eigenvalue weighted by atomic mass is 9.75. The van der Waals surface area contributed by atoms with Crippen LogP contribution in [-0.4, -0.2) is 19.7 Å². The van der Waals surface area contributed by atoms with Gasteiger partial charge in [-0.1, -0.05) is 26.0 Å². The standard InChI is InChI=1S/C20H19FN4/c1-19(2)15-7-8-20(19,25-10-9-22-12-25)18-14(15)11-17(23-24-18)13-5-3-4-6-16(13)21/h3-6,9-12,15H,7-8H2,1-2H3/t15-,20-/m0/s1. The Balaban J connectivity index is 1.73. The van der Waals surface area contributed by atoms with Crippen LogP contribution in [0.1, 0.15) is 43.9 Å². The SMILES string of the molecule is CC1(C)[C@H]2CC[C@]1(n1ccnc1)c1nnc(-c3ccccc3F)cc12. The van der Waals surface area contributed by atoms with E-state index in [9.17, 15) is 4.39 Å². The van der Waals surface area contributed by atoms with Crippen LogP contribution in [0, 0.1) is 11.2 Å². The lowest BCUT2D eigenvalue weighted by molar-refractivity contribution is 0.168. The summed E-state index contributed by atoms with van der Waals surface area (Å²) in [5.74, 6) is 0.134. The van der Waals surface area contributed by atoms with Gasteiger partial charge < -0.3 is 4.57 Å². The quantitative estimate of drug-likeness (QED) is 0.707. The number of aromatic nitrogens is 4. The first kappa shape index (κ1) is 14.8. The van der Waals surface area contributed by atoms with Crippen LogP contribution in [0.2, 0.25) is 0 Å². The second-order valence-corrected chi connectivity index (χ2v) is 7.66. The highest BCUT2D eigenvalue weighted by atomic mass is 19.1. The molecule has 0 amide bonds. The number of nitrogens with zero attached hydrogens (tertiary/aromatic N) is 4. The van der Waals surface area contributed by atoms with Crippen molar-refractivity contribution in [3.05, 3.63) is 66.1 Å². The average Bonchev–Trinajstić information content (AvgIpc) is 3.27. The van der Waals surface area contributed by atoms with Crippen molar-refractivity contribution >= 4 is 0 Å². The number of fused-ring (bicyclic) bond motifs is 5. The number of rotatable bonds is 2. The molecule has 2 aliphatic carbocycles. The molecule has 4 nitrogen and oxygen atoms in total. The lowest BCUT2D eigenvalue weighted by Gasteiger charge is -2.39. The van der Waals surface area contributed by atoms with Gasteiger partial charge in [-0.2, -0.15) is 10.2 Å². The molecule has 1 aromatic carbocycles. The monoisotopic (exact) mass is 334 g/mol. The van der Waals surface area contributed by atoms with Gasteiger partial charge in [0.25, 0.3) is 0 Å². The van der Waals surface area contributed by atoms with E-state index in [1.165, 1.54) is 11.6 Å². The van der Waals surface area contributed by atoms with Gasteiger partial charge in [0.1, 0.15) is 5.82 Å². The van der Waals surface area contributed by atoms with Gasteiger partial charge >= 0.3 is 0 Å². The molecule has 0 spiro atoms. The minimum atomic E-state index is -0.261. The van der Waals surface area contributed by atoms with Gasteiger partial charge in [0, 0.05) is 23.4 Å². The van der Waals surface area contributed by atoms with Crippen molar-refractivity contribution in [1.29, 1.82) is 0 Å². The molecule has 0 aliphatic heterocycles. The Hall–Kier alpha value is -2.56. The van der Waals surface area contributed by atoms with Crippen LogP contribution in [-0.2, 0) is 5.54 Å². The van der Waals surface area contributed by atoms with E-state index < -0.39 is 0 Å². The minimum absolute atomic E-state index is 0.0125. The topological polar surface area (TPSA) is 43.6 Å². The van der Waals surface area contributed by atoms with Crippen molar-refractivity contribution in [2.75, 3.05) is 0 Å². The number of hydrogen-bond acceptors (Lipinski definition) is 3. The van der Waals surface area contributed by atoms with Gasteiger partial charge in [-0.15, -0.1) is 0 Å². The fourth-order valence-corrected chi connectivity index (χ4v) is 5.16. The maximum atomic E-state index is 14.2. The zero-order valence-corrected chi connectivity index (χ0v) is 14.3. The third-order valence-electron chi connectivity index (χ3n) is 6.42. The predicted molar refractivity (Wildman–Crippen MR) is 92.5 cm³/mol. The summed E-state index contributed by atoms with van der Waals surface area (Å²) in [7, 11) is 0. The summed E-state index contributed by atoms with van der Waals surface area (Å²) in [4.78, 5) is 4.26. The molecule has 5 rings (SSSR count). The van der Waals surface area contributed by atoms with Crippen LogP contribution in [0.5, 0.6) is 0 Å². The highest BCUT2D eigenvalue weighted by molar-refractivity contribution is 5.62. The maximum absolute atomic E-state index is 14.2. The summed E-state index contributed by atoms with van der Waals surface area (Å²) >= 11 is 0. The Labute approximate surface area is 145 Å². The zero-order chi connectivity index (χ0) is 17.2. The first-order valence-corrected chi connectivity index (χ1v) is 8.67. The Morgan fingerprint density at radius 2 is 2.04 bits per heavy atom. The van der Waals surface area contributed by atoms with E-state index in [-0.39, 0.29) is 16.8 Å². The average molecular weight is 334 g/mol. The van der Waals surface area contributed by atoms with Crippen LogP contribution >= 0.6 is 0 Å². The van der Waals surface area contributed by atoms with Crippen LogP contribution in [0.15, 0.2) is 49.1 Å². The van der Waals surface area contributed by atoms with E-state index in [1.54, 1.807) is 12.1 Å². The van der Waals surface area contributed by atoms with Crippen molar-refractivity contribution in [3.63, 3.8) is 0 Å². The summed E-state index contributed by atoms with van der Waals surface area (Å²) in [6.45, 7) is 4.60. The summed E-state index contributed by atoms with van der Waals surface area (Å²) in [6.07, 6.45) is 7.84. The molecule has 5 heteroatoms. The molecule has 2 aromatic heterocycles. The molecule has 0 saturated heterocycles. The number of imidazole rings is 1. The van der Waals surface area contributed by atoms with Gasteiger partial charge in [0.2, 0.25) is 0 Å². The Bertz CT molecular complexity index is 964. The molecular weight excluding hydrogens is 315 g/mol. The van der Waals surface area contributed by atoms with Crippen LogP contribution in [0.4, 0.5) is 4.39 Å². The van der Waals surface area contributed by atoms with Gasteiger partial charge in [0.15, 0.2) is 0 Å². The molecule has 0 unspecified atom stereocenters. The van der Waals surface area contributed by atoms with Crippen LogP contribution in [0.25, 0.3) is 11.3 Å². The van der Waals surface area contributed by atoms with Crippen molar-refractivity contribution < 1.29 is 4.39 Å². The van der Waals surface area contributed by atoms with Crippen LogP contribution < -0.4 is 0 Å². The second-order valence-electron chi connectivity index (χ2n) is 7.66. The molecule has 0 N–H and O–H groups in total. The number of halogens is 1. The van der Waals surface area contributed by atoms with Gasteiger partial charge in [-0.05, 0) is 42.5 Å². The lowest BCUT2D eigenvalue weighted by Crippen LogP contribution is -2.42. The fourth-order valence-electron chi connectivity index (χ4n) is 5.16. The molecule has 25 heavy (non-hydrogen) atoms. The maximum Gasteiger partial charge on any atom is 0.132 e. The van der Waals surface area contributed by atoms with E-state index >= 15 is 0 Å². The van der Waals surface area contributed by atoms with Crippen LogP contribution in [0.3, 0.4) is 0 Å². The number of benzene rings is 1. The third-order valence-corrected chi connectivity index (χ3v) is 6.42. The van der Waals surface area contributed by atoms with Gasteiger partial charge in [0.05, 0.1) is 23.3 Å². The molecule has 126 valence electrons. The van der Waals surface area contributed by atoms with Gasteiger partial charge in [-0.3, -0.25) is 0 Å². The normalized spacial score (nSPS) is 26.0. The van der Waals surface area contributed by atoms with Crippen molar-refractivity contribution in [2.45, 2.75) is 38.1 Å². The zero-order valence-electron chi connectivity index (χ0n) is 14.3. The summed E-state index contributed by atoms with van der Waals surface area (Å²) < 4.78 is 16.4. The first-order valence-electron chi connectivity index (χ1n) is 8.67. The molecule has 1 fully saturated rings. The third kappa shape index (κ3) is 1.68. The molecular formula is C20H19FN4. The molecule has 2 atom stereocenters. The minimum Gasteiger partial charge on any atom is -0.325 e. The van der Waals surface area contributed by atoms with Gasteiger partial charge in [-0.25, -0.2) is 9.37 Å². The van der Waals surface area contributed by atoms with Crippen molar-refractivity contribution in [2.24, 2.45) is 5.41 Å². The predicted octanol–water partition coefficient (Wildman–Crippen LogP) is 4.14. The molecule has 3 aromatic rings. The largest absolute Gasteiger partial charge is 0.325 e. The highest BCUT2D eigenvalue weighted by Gasteiger charge is 2.64. The van der Waals surface area contributed by atoms with E-state index in [4.69, 9.17) is 0 Å². The second kappa shape index (κ2) is 4.75. The Kier molecular flexibility index (Phi) is 2.80. The molecule has 0 radical (unpaired) electrons. The molecule has 1 saturated carbocycles. The number of hydrogen-bond donors (Lipinski definition) is 0. The molecule has 2 aliphatic rings. The molecule has 2 heterocycles. The molecule has 2 bridgehead atoms. The Morgan fingerprint density at radius 3 is 2.80 bits per heavy atom. The summed E-state index contributed by atoms with van der Waals surface area (Å²) in [5, 5.41) is 9.01. The van der Waals surface area contributed by atoms with E-state index in [2.05, 4.69) is 33.6 Å².